The van der Waals surface area contributed by atoms with E-state index in [0.29, 0.717) is 0 Å². The van der Waals surface area contributed by atoms with Gasteiger partial charge in [-0.2, -0.15) is 6.08 Å². The van der Waals surface area contributed by atoms with E-state index >= 15 is 0 Å². The molecule has 34 heavy (non-hydrogen) atoms. The van der Waals surface area contributed by atoms with Gasteiger partial charge in [0.1, 0.15) is 0 Å². The third kappa shape index (κ3) is 8.97. The van der Waals surface area contributed by atoms with E-state index in [1.54, 1.807) is 24.2 Å². The predicted molar refractivity (Wildman–Crippen MR) is 142 cm³/mol. The van der Waals surface area contributed by atoms with Crippen LogP contribution in [-0.2, 0) is 35.1 Å². The molecule has 0 N–H and O–H groups in total. The molecule has 0 fully saturated rings. The quantitative estimate of drug-likeness (QED) is 0.363. The zero-order valence-corrected chi connectivity index (χ0v) is 26.6. The first kappa shape index (κ1) is 33.1. The Labute approximate surface area is 235 Å². The predicted octanol–water partition coefficient (Wildman–Crippen LogP) is 2.98. The van der Waals surface area contributed by atoms with Crippen LogP contribution in [0.3, 0.4) is 0 Å². The van der Waals surface area contributed by atoms with Crippen molar-refractivity contribution in [2.24, 2.45) is 0 Å². The minimum atomic E-state index is 0. The molecule has 1 aliphatic carbocycles. The Bertz CT molecular complexity index is 1070. The number of hydrogen-bond acceptors (Lipinski definition) is 0. The maximum absolute atomic E-state index is 2.99. The third-order valence-corrected chi connectivity index (χ3v) is 5.67. The van der Waals surface area contributed by atoms with Gasteiger partial charge in [-0.1, -0.05) is 90.8 Å². The van der Waals surface area contributed by atoms with Gasteiger partial charge in [-0.15, -0.1) is 45.2 Å². The molecule has 0 aliphatic heterocycles. The molecular weight excluding hydrogens is 534 g/mol. The first-order chi connectivity index (χ1) is 14.7. The first-order valence-electron chi connectivity index (χ1n) is 11.6. The van der Waals surface area contributed by atoms with E-state index < -0.39 is 0 Å². The molecule has 4 rings (SSSR count). The second-order valence-corrected chi connectivity index (χ2v) is 13.6. The molecule has 0 radical (unpaired) electrons. The summed E-state index contributed by atoms with van der Waals surface area (Å²) in [6.07, 6.45) is 10.0. The summed E-state index contributed by atoms with van der Waals surface area (Å²) in [7, 11) is 0. The van der Waals surface area contributed by atoms with Gasteiger partial charge in [0.05, 0.1) is 0 Å². The molecule has 0 spiro atoms. The van der Waals surface area contributed by atoms with Crippen molar-refractivity contribution in [3.63, 3.8) is 0 Å². The Balaban J connectivity index is 0.000000840. The van der Waals surface area contributed by atoms with Gasteiger partial charge in [-0.05, 0) is 10.8 Å². The maximum atomic E-state index is 2.99. The molecule has 0 aromatic heterocycles. The van der Waals surface area contributed by atoms with Crippen molar-refractivity contribution in [3.05, 3.63) is 76.9 Å². The fourth-order valence-electron chi connectivity index (χ4n) is 3.78. The average Bonchev–Trinajstić information content (AvgIpc) is 3.31. The number of halogens is 2. The number of benzene rings is 2. The molecule has 3 aromatic rings. The largest absolute Gasteiger partial charge is 1.00 e. The van der Waals surface area contributed by atoms with Crippen LogP contribution < -0.4 is 24.8 Å². The molecule has 0 saturated carbocycles. The average molecular weight is 575 g/mol. The van der Waals surface area contributed by atoms with Gasteiger partial charge in [0.2, 0.25) is 0 Å². The Kier molecular flexibility index (Phi) is 13.1. The fourth-order valence-corrected chi connectivity index (χ4v) is 3.78. The zero-order chi connectivity index (χ0) is 24.3. The van der Waals surface area contributed by atoms with Gasteiger partial charge in [0.25, 0.3) is 0 Å². The van der Waals surface area contributed by atoms with E-state index in [9.17, 15) is 0 Å². The van der Waals surface area contributed by atoms with Crippen molar-refractivity contribution < 1.29 is 49.0 Å². The van der Waals surface area contributed by atoms with Crippen LogP contribution in [-0.4, -0.2) is 3.21 Å². The van der Waals surface area contributed by atoms with Crippen LogP contribution in [0.25, 0.3) is 21.5 Å². The van der Waals surface area contributed by atoms with E-state index in [4.69, 9.17) is 0 Å². The third-order valence-electron chi connectivity index (χ3n) is 5.67. The molecule has 3 heteroatoms. The SMILES string of the molecule is C[C](C)=[Zr+2].Cc1cc(C(C)(C)C)cc2c1[cH-]c1c(C)cc(C(C)(C)C)cc12.[C-]1=CC=CC1.[Cl-].[Cl-]. The molecule has 0 atom stereocenters. The van der Waals surface area contributed by atoms with Crippen molar-refractivity contribution in [3.8, 4) is 0 Å². The van der Waals surface area contributed by atoms with E-state index in [1.807, 2.05) is 12.2 Å². The minimum absolute atomic E-state index is 0. The van der Waals surface area contributed by atoms with Crippen LogP contribution >= 0.6 is 0 Å². The second-order valence-electron chi connectivity index (χ2n) is 11.2. The summed E-state index contributed by atoms with van der Waals surface area (Å²) >= 11 is 1.55. The van der Waals surface area contributed by atoms with E-state index in [0.717, 1.165) is 6.42 Å². The maximum Gasteiger partial charge on any atom is -0.0144 e. The number of fused-ring (bicyclic) bond motifs is 3. The van der Waals surface area contributed by atoms with Crippen molar-refractivity contribution >= 4 is 24.8 Å². The van der Waals surface area contributed by atoms with Gasteiger partial charge in [0, 0.05) is 0 Å². The Morgan fingerprint density at radius 2 is 1.18 bits per heavy atom. The van der Waals surface area contributed by atoms with Crippen molar-refractivity contribution in [1.82, 2.24) is 0 Å². The molecule has 3 aromatic carbocycles. The second kappa shape index (κ2) is 13.4. The normalized spacial score (nSPS) is 12.4. The van der Waals surface area contributed by atoms with Crippen LogP contribution in [0.1, 0.15) is 84.1 Å². The molecule has 0 nitrogen and oxygen atoms in total. The number of hydrogen-bond donors (Lipinski definition) is 0. The molecule has 0 amide bonds. The summed E-state index contributed by atoms with van der Waals surface area (Å²) < 4.78 is 1.51. The molecule has 0 saturated heterocycles. The molecule has 0 bridgehead atoms. The molecule has 184 valence electrons. The van der Waals surface area contributed by atoms with Crippen molar-refractivity contribution in [1.29, 1.82) is 0 Å². The van der Waals surface area contributed by atoms with Crippen LogP contribution in [0.2, 0.25) is 0 Å². The van der Waals surface area contributed by atoms with Crippen LogP contribution in [0.15, 0.2) is 48.6 Å². The topological polar surface area (TPSA) is 0 Å². The van der Waals surface area contributed by atoms with E-state index in [2.05, 4.69) is 112 Å². The van der Waals surface area contributed by atoms with E-state index in [-0.39, 0.29) is 35.6 Å². The summed E-state index contributed by atoms with van der Waals surface area (Å²) in [6, 6.07) is 11.9. The van der Waals surface area contributed by atoms with Gasteiger partial charge in [-0.3, -0.25) is 6.08 Å². The Morgan fingerprint density at radius 3 is 1.41 bits per heavy atom. The van der Waals surface area contributed by atoms with Crippen LogP contribution in [0, 0.1) is 19.9 Å². The van der Waals surface area contributed by atoms with Gasteiger partial charge >= 0.3 is 41.3 Å². The Morgan fingerprint density at radius 1 is 0.794 bits per heavy atom. The van der Waals surface area contributed by atoms with Gasteiger partial charge < -0.3 is 24.8 Å². The summed E-state index contributed by atoms with van der Waals surface area (Å²) in [4.78, 5) is 0. The molecular formula is C31H40Cl2Zr-2. The van der Waals surface area contributed by atoms with Crippen molar-refractivity contribution in [2.45, 2.75) is 86.5 Å². The monoisotopic (exact) mass is 572 g/mol. The van der Waals surface area contributed by atoms with Crippen LogP contribution in [0.5, 0.6) is 0 Å². The number of aryl methyl sites for hydroxylation is 2. The summed E-state index contributed by atoms with van der Waals surface area (Å²) in [5.74, 6) is 0. The summed E-state index contributed by atoms with van der Waals surface area (Å²) in [6.45, 7) is 22.5. The number of allylic oxidation sites excluding steroid dienone is 4. The molecule has 1 aliphatic rings. The Hall–Kier alpha value is -0.877. The summed E-state index contributed by atoms with van der Waals surface area (Å²) in [5, 5.41) is 5.64. The van der Waals surface area contributed by atoms with Gasteiger partial charge in [-0.25, -0.2) is 12.2 Å². The smallest absolute Gasteiger partial charge is 0.0144 e. The molecule has 0 heterocycles. The summed E-state index contributed by atoms with van der Waals surface area (Å²) in [5.41, 5.74) is 5.99. The first-order valence-corrected chi connectivity index (χ1v) is 12.8. The minimum Gasteiger partial charge on any atom is -1.00 e. The van der Waals surface area contributed by atoms with E-state index in [1.165, 1.54) is 47.0 Å². The van der Waals surface area contributed by atoms with Crippen LogP contribution in [0.4, 0.5) is 0 Å². The molecule has 0 unspecified atom stereocenters. The fraction of sp³-hybridized carbons (Fsp3) is 0.419. The number of rotatable bonds is 0. The zero-order valence-electron chi connectivity index (χ0n) is 22.6. The van der Waals surface area contributed by atoms with Gasteiger partial charge in [0.15, 0.2) is 0 Å². The van der Waals surface area contributed by atoms with Crippen molar-refractivity contribution in [2.75, 3.05) is 0 Å². The standard InChI is InChI=1S/C23H29.C5H5.C3H6.2ClH.Zr/c1-14-9-16(22(3,4)5)11-20-18(14)13-19-15(2)10-17(12-21(19)20)23(6,7)8;1-2-4-5-3-1;1-3-2;;;/h9-13H,1-8H3;1-3H,4H2;1-2H3;2*1H;/q2*-1;;;;+2/p-2.